The normalized spacial score (nSPS) is 9.11. The molecule has 1 aromatic rings. The number of nitrogens with one attached hydrogen (secondary N) is 1. The molecule has 0 saturated carbocycles. The zero-order valence-electron chi connectivity index (χ0n) is 5.26. The summed E-state index contributed by atoms with van der Waals surface area (Å²) in [6.07, 6.45) is 1.67. The van der Waals surface area contributed by atoms with Crippen LogP contribution in [0.5, 0.6) is 0 Å². The van der Waals surface area contributed by atoms with Crippen LogP contribution in [0.25, 0.3) is 0 Å². The molecule has 1 aromatic heterocycles. The van der Waals surface area contributed by atoms with Crippen LogP contribution in [0.3, 0.4) is 0 Å². The highest BCUT2D eigenvalue weighted by Crippen LogP contribution is 1.95. The van der Waals surface area contributed by atoms with Gasteiger partial charge in [-0.1, -0.05) is 0 Å². The molecule has 1 heterocycles. The Morgan fingerprint density at radius 2 is 2.44 bits per heavy atom. The second kappa shape index (κ2) is 2.44. The van der Waals surface area contributed by atoms with Crippen LogP contribution in [-0.4, -0.2) is 17.0 Å². The molecule has 0 aliphatic heterocycles. The van der Waals surface area contributed by atoms with Gasteiger partial charge in [0.1, 0.15) is 0 Å². The third kappa shape index (κ3) is 1.38. The third-order valence-corrected chi connectivity index (χ3v) is 0.937. The van der Waals surface area contributed by atoms with Gasteiger partial charge in [0.05, 0.1) is 0 Å². The lowest BCUT2D eigenvalue weighted by Crippen LogP contribution is -1.95. The molecule has 0 saturated heterocycles. The molecule has 0 bridgehead atoms. The standard InChI is InChI=1S/C6H8N3/c1-5-3-4-8-6(7-2)9-5/h3-4H,1H2,2H3,(H,7,8,9). The monoisotopic (exact) mass is 122 g/mol. The first-order chi connectivity index (χ1) is 4.33. The van der Waals surface area contributed by atoms with Gasteiger partial charge in [-0.25, -0.2) is 9.97 Å². The van der Waals surface area contributed by atoms with Gasteiger partial charge in [0.2, 0.25) is 5.95 Å². The fourth-order valence-electron chi connectivity index (χ4n) is 0.517. The van der Waals surface area contributed by atoms with Gasteiger partial charge in [0.15, 0.2) is 0 Å². The van der Waals surface area contributed by atoms with E-state index in [2.05, 4.69) is 22.2 Å². The van der Waals surface area contributed by atoms with E-state index in [9.17, 15) is 0 Å². The van der Waals surface area contributed by atoms with Crippen LogP contribution in [0, 0.1) is 6.92 Å². The summed E-state index contributed by atoms with van der Waals surface area (Å²) in [6.45, 7) is 3.64. The van der Waals surface area contributed by atoms with Gasteiger partial charge in [0.25, 0.3) is 0 Å². The van der Waals surface area contributed by atoms with Crippen LogP contribution in [0.4, 0.5) is 5.95 Å². The quantitative estimate of drug-likeness (QED) is 0.595. The molecule has 3 heteroatoms. The van der Waals surface area contributed by atoms with Crippen molar-refractivity contribution in [1.82, 2.24) is 9.97 Å². The molecule has 0 atom stereocenters. The van der Waals surface area contributed by atoms with E-state index in [1.165, 1.54) is 0 Å². The van der Waals surface area contributed by atoms with Crippen LogP contribution >= 0.6 is 0 Å². The minimum atomic E-state index is 0.613. The van der Waals surface area contributed by atoms with Crippen molar-refractivity contribution in [2.24, 2.45) is 0 Å². The van der Waals surface area contributed by atoms with Crippen LogP contribution in [-0.2, 0) is 0 Å². The Hall–Kier alpha value is -1.12. The van der Waals surface area contributed by atoms with Gasteiger partial charge < -0.3 is 5.32 Å². The van der Waals surface area contributed by atoms with Crippen LogP contribution in [0.15, 0.2) is 12.3 Å². The van der Waals surface area contributed by atoms with E-state index in [4.69, 9.17) is 0 Å². The average Bonchev–Trinajstić information content (AvgIpc) is 1.88. The highest BCUT2D eigenvalue weighted by Gasteiger charge is 1.88. The maximum Gasteiger partial charge on any atom is 0.222 e. The third-order valence-electron chi connectivity index (χ3n) is 0.937. The molecule has 0 fully saturated rings. The predicted molar refractivity (Wildman–Crippen MR) is 36.0 cm³/mol. The van der Waals surface area contributed by atoms with E-state index >= 15 is 0 Å². The van der Waals surface area contributed by atoms with Crippen LogP contribution in [0.1, 0.15) is 5.69 Å². The highest BCUT2D eigenvalue weighted by molar-refractivity contribution is 5.24. The van der Waals surface area contributed by atoms with E-state index in [1.54, 1.807) is 19.3 Å². The number of anilines is 1. The second-order valence-corrected chi connectivity index (χ2v) is 1.62. The average molecular weight is 122 g/mol. The van der Waals surface area contributed by atoms with E-state index in [1.807, 2.05) is 0 Å². The molecule has 9 heavy (non-hydrogen) atoms. The largest absolute Gasteiger partial charge is 0.357 e. The van der Waals surface area contributed by atoms with Crippen molar-refractivity contribution in [3.05, 3.63) is 24.9 Å². The molecule has 1 radical (unpaired) electrons. The van der Waals surface area contributed by atoms with Gasteiger partial charge in [-0.15, -0.1) is 0 Å². The van der Waals surface area contributed by atoms with Gasteiger partial charge >= 0.3 is 0 Å². The lowest BCUT2D eigenvalue weighted by atomic mass is 10.5. The topological polar surface area (TPSA) is 37.8 Å². The summed E-state index contributed by atoms with van der Waals surface area (Å²) >= 11 is 0. The molecule has 0 aliphatic rings. The van der Waals surface area contributed by atoms with Crippen molar-refractivity contribution in [2.75, 3.05) is 12.4 Å². The number of hydrogen-bond acceptors (Lipinski definition) is 3. The minimum Gasteiger partial charge on any atom is -0.357 e. The second-order valence-electron chi connectivity index (χ2n) is 1.62. The Morgan fingerprint density at radius 3 is 2.89 bits per heavy atom. The zero-order valence-corrected chi connectivity index (χ0v) is 5.26. The summed E-state index contributed by atoms with van der Waals surface area (Å²) < 4.78 is 0. The lowest BCUT2D eigenvalue weighted by molar-refractivity contribution is 1.12. The summed E-state index contributed by atoms with van der Waals surface area (Å²) in [5, 5.41) is 2.81. The molecule has 0 unspecified atom stereocenters. The van der Waals surface area contributed by atoms with Crippen LogP contribution < -0.4 is 5.32 Å². The summed E-state index contributed by atoms with van der Waals surface area (Å²) in [5.74, 6) is 0.613. The van der Waals surface area contributed by atoms with Gasteiger partial charge in [-0.05, 0) is 13.0 Å². The Bertz CT molecular complexity index is 197. The molecule has 47 valence electrons. The zero-order chi connectivity index (χ0) is 6.69. The van der Waals surface area contributed by atoms with Crippen molar-refractivity contribution in [3.63, 3.8) is 0 Å². The Morgan fingerprint density at radius 1 is 1.67 bits per heavy atom. The number of hydrogen-bond donors (Lipinski definition) is 1. The summed E-state index contributed by atoms with van der Waals surface area (Å²) in [4.78, 5) is 7.85. The summed E-state index contributed by atoms with van der Waals surface area (Å²) in [5.41, 5.74) is 0.731. The van der Waals surface area contributed by atoms with Gasteiger partial charge in [-0.3, -0.25) is 0 Å². The fraction of sp³-hybridized carbons (Fsp3) is 0.167. The first-order valence-corrected chi connectivity index (χ1v) is 2.65. The maximum absolute atomic E-state index is 3.96. The molecule has 1 N–H and O–H groups in total. The van der Waals surface area contributed by atoms with E-state index in [-0.39, 0.29) is 0 Å². The number of aromatic nitrogens is 2. The minimum absolute atomic E-state index is 0.613. The Kier molecular flexibility index (Phi) is 1.63. The first kappa shape index (κ1) is 6.01. The van der Waals surface area contributed by atoms with Gasteiger partial charge in [-0.2, -0.15) is 0 Å². The first-order valence-electron chi connectivity index (χ1n) is 2.65. The molecule has 0 aromatic carbocycles. The smallest absolute Gasteiger partial charge is 0.222 e. The molecule has 0 amide bonds. The van der Waals surface area contributed by atoms with E-state index in [0.29, 0.717) is 5.95 Å². The SMILES string of the molecule is [CH2]c1ccnc(NC)n1. The number of nitrogens with zero attached hydrogens (tertiary/aromatic N) is 2. The van der Waals surface area contributed by atoms with Crippen molar-refractivity contribution < 1.29 is 0 Å². The molecular formula is C6H8N3. The van der Waals surface area contributed by atoms with Crippen LogP contribution in [0.2, 0.25) is 0 Å². The van der Waals surface area contributed by atoms with E-state index in [0.717, 1.165) is 5.69 Å². The predicted octanol–water partition coefficient (Wildman–Crippen LogP) is 0.700. The van der Waals surface area contributed by atoms with Crippen molar-refractivity contribution in [3.8, 4) is 0 Å². The Balaban J connectivity index is 2.94. The highest BCUT2D eigenvalue weighted by atomic mass is 15.1. The molecule has 3 nitrogen and oxygen atoms in total. The summed E-state index contributed by atoms with van der Waals surface area (Å²) in [6, 6.07) is 1.75. The fourth-order valence-corrected chi connectivity index (χ4v) is 0.517. The maximum atomic E-state index is 3.96. The number of rotatable bonds is 1. The summed E-state index contributed by atoms with van der Waals surface area (Å²) in [7, 11) is 1.77. The van der Waals surface area contributed by atoms with E-state index < -0.39 is 0 Å². The van der Waals surface area contributed by atoms with Gasteiger partial charge in [0, 0.05) is 18.9 Å². The molecular weight excluding hydrogens is 114 g/mol. The van der Waals surface area contributed by atoms with Crippen molar-refractivity contribution in [2.45, 2.75) is 0 Å². The lowest BCUT2D eigenvalue weighted by Gasteiger charge is -1.95. The van der Waals surface area contributed by atoms with Crippen molar-refractivity contribution in [1.29, 1.82) is 0 Å². The van der Waals surface area contributed by atoms with Crippen molar-refractivity contribution >= 4 is 5.95 Å². The molecule has 0 aliphatic carbocycles. The molecule has 0 spiro atoms. The molecule has 1 rings (SSSR count). The Labute approximate surface area is 54.2 Å².